The van der Waals surface area contributed by atoms with Gasteiger partial charge in [-0.3, -0.25) is 4.79 Å². The summed E-state index contributed by atoms with van der Waals surface area (Å²) >= 11 is 0. The lowest BCUT2D eigenvalue weighted by Gasteiger charge is -2.65. The van der Waals surface area contributed by atoms with Gasteiger partial charge < -0.3 is 4.13 Å². The second kappa shape index (κ2) is 6.12. The number of ketones is 1. The third-order valence-electron chi connectivity index (χ3n) is 6.41. The molecule has 13 heteroatoms. The molecule has 2 unspecified atom stereocenters. The van der Waals surface area contributed by atoms with Gasteiger partial charge in [-0.05, 0) is 60.7 Å². The average Bonchev–Trinajstić information content (AvgIpc) is 2.39. The fourth-order valence-electron chi connectivity index (χ4n) is 6.69. The molecule has 0 amide bonds. The summed E-state index contributed by atoms with van der Waals surface area (Å²) in [6, 6.07) is 0. The summed E-state index contributed by atoms with van der Waals surface area (Å²) in [4.78, 5) is 12.3. The average molecular weight is 466 g/mol. The van der Waals surface area contributed by atoms with Gasteiger partial charge in [-0.25, -0.2) is 16.8 Å². The minimum atomic E-state index is -6.74. The van der Waals surface area contributed by atoms with E-state index in [1.54, 1.807) is 0 Å². The zero-order chi connectivity index (χ0) is 22.3. The highest BCUT2D eigenvalue weighted by Gasteiger charge is 2.62. The Bertz CT molecular complexity index is 925. The van der Waals surface area contributed by atoms with Gasteiger partial charge >= 0.3 is 10.8 Å². The van der Waals surface area contributed by atoms with Gasteiger partial charge in [-0.1, -0.05) is 13.8 Å². The van der Waals surface area contributed by atoms with Gasteiger partial charge in [0.2, 0.25) is 5.78 Å². The van der Waals surface area contributed by atoms with Gasteiger partial charge in [0.15, 0.2) is 20.0 Å². The predicted octanol–water partition coefficient (Wildman–Crippen LogP) is 4.09. The van der Waals surface area contributed by atoms with Crippen LogP contribution in [0, 0.1) is 22.2 Å². The lowest BCUT2D eigenvalue weighted by Crippen LogP contribution is -2.56. The van der Waals surface area contributed by atoms with Crippen molar-refractivity contribution < 1.29 is 43.6 Å². The number of nitrogens with zero attached hydrogens (tertiary/aromatic N) is 1. The lowest BCUT2D eigenvalue weighted by atomic mass is 9.39. The molecule has 4 rings (SSSR count). The summed E-state index contributed by atoms with van der Waals surface area (Å²) in [5.41, 5.74) is -7.40. The molecule has 0 aromatic heterocycles. The zero-order valence-electron chi connectivity index (χ0n) is 15.7. The number of alkyl halides is 5. The molecule has 0 radical (unpaired) electrons. The summed E-state index contributed by atoms with van der Waals surface area (Å²) in [7, 11) is -13.3. The molecule has 0 heterocycles. The maximum atomic E-state index is 14.3. The number of carbonyl (C=O) groups excluding carboxylic acids is 1. The van der Waals surface area contributed by atoms with Gasteiger partial charge in [-0.2, -0.15) is 22.0 Å². The van der Waals surface area contributed by atoms with Crippen molar-refractivity contribution in [1.82, 2.24) is 0 Å². The molecular weight excluding hydrogens is 445 g/mol. The number of rotatable bonds is 6. The fourth-order valence-corrected chi connectivity index (χ4v) is 8.79. The van der Waals surface area contributed by atoms with Gasteiger partial charge in [0.1, 0.15) is 0 Å². The van der Waals surface area contributed by atoms with Crippen molar-refractivity contribution >= 4 is 25.8 Å². The van der Waals surface area contributed by atoms with Gasteiger partial charge in [0.25, 0.3) is 0 Å². The molecule has 29 heavy (non-hydrogen) atoms. The molecule has 4 aliphatic carbocycles. The summed E-state index contributed by atoms with van der Waals surface area (Å²) in [5, 5.41) is -5.36. The largest absolute Gasteiger partial charge is 0.480 e. The summed E-state index contributed by atoms with van der Waals surface area (Å²) in [6.45, 7) is 3.99. The molecule has 4 aliphatic rings. The first-order valence-corrected chi connectivity index (χ1v) is 11.8. The molecule has 168 valence electrons. The highest BCUT2D eigenvalue weighted by molar-refractivity contribution is 8.13. The summed E-state index contributed by atoms with van der Waals surface area (Å²) in [5.74, 6) is -1.91. The first-order chi connectivity index (χ1) is 12.7. The van der Waals surface area contributed by atoms with Gasteiger partial charge in [0, 0.05) is 6.42 Å². The van der Waals surface area contributed by atoms with Crippen molar-refractivity contribution in [3.8, 4) is 0 Å². The van der Waals surface area contributed by atoms with E-state index in [0.29, 0.717) is 19.3 Å². The van der Waals surface area contributed by atoms with Crippen LogP contribution in [0.15, 0.2) is 0 Å². The molecule has 4 bridgehead atoms. The van der Waals surface area contributed by atoms with E-state index in [9.17, 15) is 43.6 Å². The van der Waals surface area contributed by atoms with Gasteiger partial charge in [-0.15, -0.1) is 0 Å². The zero-order valence-corrected chi connectivity index (χ0v) is 17.4. The first kappa shape index (κ1) is 22.9. The van der Waals surface area contributed by atoms with Crippen molar-refractivity contribution in [2.24, 2.45) is 22.2 Å². The van der Waals surface area contributed by atoms with E-state index in [1.807, 2.05) is 13.8 Å². The SMILES string of the molecule is CC12CC3CC(C)(C1)CC(CC(=O)C(F)(F)S(=O)(=O)[N-]S(=O)(=O)C(F)(F)F)(C3)C2. The Hall–Kier alpha value is -0.820. The van der Waals surface area contributed by atoms with E-state index in [4.69, 9.17) is 0 Å². The van der Waals surface area contributed by atoms with Crippen LogP contribution in [0.2, 0.25) is 0 Å². The van der Waals surface area contributed by atoms with E-state index in [1.165, 1.54) is 4.13 Å². The molecule has 6 nitrogen and oxygen atoms in total. The number of halogens is 5. The Morgan fingerprint density at radius 3 is 1.79 bits per heavy atom. The first-order valence-electron chi connectivity index (χ1n) is 8.95. The molecule has 4 fully saturated rings. The van der Waals surface area contributed by atoms with Crippen LogP contribution in [0.25, 0.3) is 4.13 Å². The number of carbonyl (C=O) groups is 1. The highest BCUT2D eigenvalue weighted by atomic mass is 32.3. The third kappa shape index (κ3) is 3.82. The van der Waals surface area contributed by atoms with Crippen molar-refractivity contribution in [1.29, 1.82) is 0 Å². The topological polar surface area (TPSA) is 99.4 Å². The van der Waals surface area contributed by atoms with Crippen LogP contribution in [0.1, 0.15) is 58.8 Å². The second-order valence-electron chi connectivity index (χ2n) is 9.72. The minimum Gasteiger partial charge on any atom is -0.423 e. The molecule has 0 aromatic carbocycles. The normalized spacial score (nSPS) is 37.7. The maximum Gasteiger partial charge on any atom is 0.480 e. The van der Waals surface area contributed by atoms with E-state index in [0.717, 1.165) is 19.3 Å². The highest BCUT2D eigenvalue weighted by Crippen LogP contribution is 2.70. The van der Waals surface area contributed by atoms with Crippen LogP contribution in [-0.4, -0.2) is 33.4 Å². The van der Waals surface area contributed by atoms with Crippen LogP contribution in [-0.2, 0) is 24.8 Å². The lowest BCUT2D eigenvalue weighted by molar-refractivity contribution is -0.161. The Labute approximate surface area is 165 Å². The van der Waals surface area contributed by atoms with E-state index in [2.05, 4.69) is 0 Å². The van der Waals surface area contributed by atoms with E-state index < -0.39 is 48.4 Å². The molecule has 4 saturated carbocycles. The van der Waals surface area contributed by atoms with Crippen molar-refractivity contribution in [3.05, 3.63) is 4.13 Å². The second-order valence-corrected chi connectivity index (χ2v) is 13.2. The molecular formula is C16H21F5NO5S2-. The molecule has 0 spiro atoms. The van der Waals surface area contributed by atoms with Crippen molar-refractivity contribution in [2.45, 2.75) is 69.6 Å². The fraction of sp³-hybridized carbons (Fsp3) is 0.938. The number of hydrogen-bond acceptors (Lipinski definition) is 5. The van der Waals surface area contributed by atoms with Crippen molar-refractivity contribution in [2.75, 3.05) is 0 Å². The molecule has 0 aromatic rings. The maximum absolute atomic E-state index is 14.3. The number of sulfonamides is 2. The number of Topliss-reactive ketones (excluding diaryl/α,β-unsaturated/α-hetero) is 1. The number of hydrogen-bond donors (Lipinski definition) is 0. The Kier molecular flexibility index (Phi) is 4.82. The Morgan fingerprint density at radius 2 is 1.38 bits per heavy atom. The van der Waals surface area contributed by atoms with Crippen LogP contribution in [0.4, 0.5) is 22.0 Å². The monoisotopic (exact) mass is 466 g/mol. The molecule has 0 aliphatic heterocycles. The Morgan fingerprint density at radius 1 is 0.897 bits per heavy atom. The van der Waals surface area contributed by atoms with E-state index >= 15 is 0 Å². The van der Waals surface area contributed by atoms with Crippen LogP contribution in [0.5, 0.6) is 0 Å². The summed E-state index contributed by atoms with van der Waals surface area (Å²) < 4.78 is 112. The molecule has 0 N–H and O–H groups in total. The van der Waals surface area contributed by atoms with Crippen LogP contribution in [0.3, 0.4) is 0 Å². The van der Waals surface area contributed by atoms with Crippen molar-refractivity contribution in [3.63, 3.8) is 0 Å². The minimum absolute atomic E-state index is 0.174. The molecule has 0 saturated heterocycles. The van der Waals surface area contributed by atoms with E-state index in [-0.39, 0.29) is 16.7 Å². The Balaban J connectivity index is 1.85. The van der Waals surface area contributed by atoms with Gasteiger partial charge in [0.05, 0.1) is 0 Å². The third-order valence-corrected chi connectivity index (χ3v) is 9.45. The van der Waals surface area contributed by atoms with Crippen LogP contribution < -0.4 is 0 Å². The molecule has 2 atom stereocenters. The van der Waals surface area contributed by atoms with Crippen LogP contribution >= 0.6 is 0 Å². The quantitative estimate of drug-likeness (QED) is 0.549. The summed E-state index contributed by atoms with van der Waals surface area (Å²) in [6.07, 6.45) is 3.11. The predicted molar refractivity (Wildman–Crippen MR) is 91.7 cm³/mol. The smallest absolute Gasteiger partial charge is 0.423 e. The standard InChI is InChI=1S/C16H21F5NO5S2/c1-12-3-10-4-13(2,7-12)9-14(5-10,8-12)6-11(23)15(17,18)28(24,25)22-29(26,27)16(19,20)21/h10H,3-9H2,1-2H3/q-1.